The van der Waals surface area contributed by atoms with Crippen LogP contribution in [0.5, 0.6) is 0 Å². The number of hydrogen-bond donors (Lipinski definition) is 0. The van der Waals surface area contributed by atoms with Crippen LogP contribution >= 0.6 is 11.6 Å². The molecule has 1 aliphatic carbocycles. The second-order valence-corrected chi connectivity index (χ2v) is 6.69. The number of halogens is 1. The van der Waals surface area contributed by atoms with Gasteiger partial charge in [0.25, 0.3) is 0 Å². The third-order valence-corrected chi connectivity index (χ3v) is 4.99. The highest BCUT2D eigenvalue weighted by atomic mass is 35.5. The van der Waals surface area contributed by atoms with Crippen LogP contribution in [0.25, 0.3) is 22.3 Å². The highest BCUT2D eigenvalue weighted by Gasteiger charge is 2.35. The van der Waals surface area contributed by atoms with Crippen molar-refractivity contribution in [3.8, 4) is 22.3 Å². The minimum absolute atomic E-state index is 0.0105. The molecule has 0 amide bonds. The Labute approximate surface area is 135 Å². The minimum Gasteiger partial charge on any atom is -0.264 e. The van der Waals surface area contributed by atoms with Gasteiger partial charge in [-0.15, -0.1) is 0 Å². The SMILES string of the molecule is CC1(C)c2ccccc2-c2ccc(-c3cnccc3Cl)cc21. The zero-order valence-electron chi connectivity index (χ0n) is 12.6. The molecule has 3 aromatic rings. The van der Waals surface area contributed by atoms with Gasteiger partial charge in [-0.2, -0.15) is 0 Å². The van der Waals surface area contributed by atoms with Gasteiger partial charge >= 0.3 is 0 Å². The average molecular weight is 306 g/mol. The second-order valence-electron chi connectivity index (χ2n) is 6.29. The minimum atomic E-state index is 0.0105. The van der Waals surface area contributed by atoms with Crippen molar-refractivity contribution < 1.29 is 0 Å². The molecule has 2 heteroatoms. The normalized spacial score (nSPS) is 14.5. The fourth-order valence-electron chi connectivity index (χ4n) is 3.46. The Hall–Kier alpha value is -2.12. The lowest BCUT2D eigenvalue weighted by atomic mass is 9.81. The van der Waals surface area contributed by atoms with Crippen LogP contribution in [-0.4, -0.2) is 4.98 Å². The zero-order chi connectivity index (χ0) is 15.3. The van der Waals surface area contributed by atoms with Gasteiger partial charge in [-0.3, -0.25) is 4.98 Å². The van der Waals surface area contributed by atoms with Crippen LogP contribution in [0, 0.1) is 0 Å². The Morgan fingerprint density at radius 3 is 2.45 bits per heavy atom. The van der Waals surface area contributed by atoms with Crippen LogP contribution in [0.15, 0.2) is 60.9 Å². The monoisotopic (exact) mass is 305 g/mol. The van der Waals surface area contributed by atoms with Crippen molar-refractivity contribution in [3.63, 3.8) is 0 Å². The van der Waals surface area contributed by atoms with Crippen LogP contribution in [0.3, 0.4) is 0 Å². The van der Waals surface area contributed by atoms with Gasteiger partial charge in [-0.25, -0.2) is 0 Å². The van der Waals surface area contributed by atoms with Crippen molar-refractivity contribution in [1.29, 1.82) is 0 Å². The van der Waals surface area contributed by atoms with Crippen molar-refractivity contribution >= 4 is 11.6 Å². The fraction of sp³-hybridized carbons (Fsp3) is 0.150. The summed E-state index contributed by atoms with van der Waals surface area (Å²) < 4.78 is 0. The van der Waals surface area contributed by atoms with Gasteiger partial charge < -0.3 is 0 Å². The molecule has 0 unspecified atom stereocenters. The first kappa shape index (κ1) is 13.5. The summed E-state index contributed by atoms with van der Waals surface area (Å²) in [5.74, 6) is 0. The lowest BCUT2D eigenvalue weighted by Crippen LogP contribution is -2.14. The molecule has 2 aromatic carbocycles. The van der Waals surface area contributed by atoms with E-state index in [9.17, 15) is 0 Å². The molecule has 1 aromatic heterocycles. The molecule has 108 valence electrons. The Balaban J connectivity index is 1.95. The molecule has 1 aliphatic rings. The molecule has 0 aliphatic heterocycles. The van der Waals surface area contributed by atoms with Crippen molar-refractivity contribution in [2.75, 3.05) is 0 Å². The first-order chi connectivity index (χ1) is 10.6. The highest BCUT2D eigenvalue weighted by Crippen LogP contribution is 2.49. The quantitative estimate of drug-likeness (QED) is 0.561. The zero-order valence-corrected chi connectivity index (χ0v) is 13.4. The van der Waals surface area contributed by atoms with Gasteiger partial charge in [0.2, 0.25) is 0 Å². The highest BCUT2D eigenvalue weighted by molar-refractivity contribution is 6.33. The molecule has 0 bridgehead atoms. The predicted molar refractivity (Wildman–Crippen MR) is 92.2 cm³/mol. The topological polar surface area (TPSA) is 12.9 Å². The Morgan fingerprint density at radius 2 is 1.64 bits per heavy atom. The van der Waals surface area contributed by atoms with E-state index in [1.807, 2.05) is 12.3 Å². The van der Waals surface area contributed by atoms with Crippen LogP contribution in [0.4, 0.5) is 0 Å². The molecule has 0 radical (unpaired) electrons. The molecule has 22 heavy (non-hydrogen) atoms. The van der Waals surface area contributed by atoms with Crippen LogP contribution in [0.1, 0.15) is 25.0 Å². The number of nitrogens with zero attached hydrogens (tertiary/aromatic N) is 1. The molecule has 0 saturated heterocycles. The molecule has 1 nitrogen and oxygen atoms in total. The first-order valence-electron chi connectivity index (χ1n) is 7.43. The lowest BCUT2D eigenvalue weighted by molar-refractivity contribution is 0.660. The molecule has 0 N–H and O–H groups in total. The summed E-state index contributed by atoms with van der Waals surface area (Å²) in [6, 6.07) is 17.1. The van der Waals surface area contributed by atoms with Crippen molar-refractivity contribution in [3.05, 3.63) is 77.1 Å². The van der Waals surface area contributed by atoms with E-state index in [0.29, 0.717) is 0 Å². The summed E-state index contributed by atoms with van der Waals surface area (Å²) in [7, 11) is 0. The smallest absolute Gasteiger partial charge is 0.0515 e. The van der Waals surface area contributed by atoms with E-state index in [-0.39, 0.29) is 5.41 Å². The number of aromatic nitrogens is 1. The first-order valence-corrected chi connectivity index (χ1v) is 7.81. The summed E-state index contributed by atoms with van der Waals surface area (Å²) in [4.78, 5) is 4.21. The van der Waals surface area contributed by atoms with Gasteiger partial charge in [0, 0.05) is 23.4 Å². The van der Waals surface area contributed by atoms with Gasteiger partial charge in [0.15, 0.2) is 0 Å². The third kappa shape index (κ3) is 1.82. The second kappa shape index (κ2) is 4.69. The van der Waals surface area contributed by atoms with Crippen molar-refractivity contribution in [1.82, 2.24) is 4.98 Å². The molecule has 0 spiro atoms. The Morgan fingerprint density at radius 1 is 0.864 bits per heavy atom. The maximum Gasteiger partial charge on any atom is 0.0515 e. The fourth-order valence-corrected chi connectivity index (χ4v) is 3.68. The Bertz CT molecular complexity index is 880. The van der Waals surface area contributed by atoms with E-state index in [2.05, 4.69) is 61.3 Å². The number of pyridine rings is 1. The molecule has 0 fully saturated rings. The van der Waals surface area contributed by atoms with E-state index in [1.165, 1.54) is 22.3 Å². The van der Waals surface area contributed by atoms with Gasteiger partial charge in [-0.1, -0.05) is 61.8 Å². The van der Waals surface area contributed by atoms with E-state index in [1.54, 1.807) is 6.20 Å². The van der Waals surface area contributed by atoms with Gasteiger partial charge in [-0.05, 0) is 39.9 Å². The van der Waals surface area contributed by atoms with Crippen LogP contribution in [-0.2, 0) is 5.41 Å². The van der Waals surface area contributed by atoms with Crippen LogP contribution < -0.4 is 0 Å². The predicted octanol–water partition coefficient (Wildman–Crippen LogP) is 5.71. The lowest BCUT2D eigenvalue weighted by Gasteiger charge is -2.22. The number of rotatable bonds is 1. The van der Waals surface area contributed by atoms with Crippen molar-refractivity contribution in [2.24, 2.45) is 0 Å². The molecule has 4 rings (SSSR count). The van der Waals surface area contributed by atoms with Crippen LogP contribution in [0.2, 0.25) is 5.02 Å². The molecule has 0 saturated carbocycles. The summed E-state index contributed by atoms with van der Waals surface area (Å²) in [5.41, 5.74) is 7.52. The maximum atomic E-state index is 6.33. The molecular weight excluding hydrogens is 290 g/mol. The summed E-state index contributed by atoms with van der Waals surface area (Å²) in [6.45, 7) is 4.57. The van der Waals surface area contributed by atoms with Gasteiger partial charge in [0.1, 0.15) is 0 Å². The van der Waals surface area contributed by atoms with E-state index in [0.717, 1.165) is 16.1 Å². The summed E-state index contributed by atoms with van der Waals surface area (Å²) in [6.07, 6.45) is 3.55. The number of fused-ring (bicyclic) bond motifs is 3. The standard InChI is InChI=1S/C20H16ClN/c1-20(2)17-6-4-3-5-14(17)15-8-7-13(11-18(15)20)16-12-22-10-9-19(16)21/h3-12H,1-2H3. The number of hydrogen-bond acceptors (Lipinski definition) is 1. The molecule has 0 atom stereocenters. The van der Waals surface area contributed by atoms with E-state index in [4.69, 9.17) is 11.6 Å². The maximum absolute atomic E-state index is 6.33. The molecular formula is C20H16ClN. The van der Waals surface area contributed by atoms with Gasteiger partial charge in [0.05, 0.1) is 5.02 Å². The van der Waals surface area contributed by atoms with E-state index < -0.39 is 0 Å². The van der Waals surface area contributed by atoms with Crippen molar-refractivity contribution in [2.45, 2.75) is 19.3 Å². The average Bonchev–Trinajstić information content (AvgIpc) is 2.76. The molecule has 1 heterocycles. The third-order valence-electron chi connectivity index (χ3n) is 4.66. The Kier molecular flexibility index (Phi) is 2.88. The van der Waals surface area contributed by atoms with E-state index >= 15 is 0 Å². The number of benzene rings is 2. The largest absolute Gasteiger partial charge is 0.264 e. The summed E-state index contributed by atoms with van der Waals surface area (Å²) in [5, 5.41) is 0.739. The summed E-state index contributed by atoms with van der Waals surface area (Å²) >= 11 is 6.33.